The van der Waals surface area contributed by atoms with Gasteiger partial charge in [-0.15, -0.1) is 23.1 Å². The molecule has 0 bridgehead atoms. The molecule has 0 aliphatic rings. The van der Waals surface area contributed by atoms with Crippen LogP contribution in [-0.4, -0.2) is 32.9 Å². The average Bonchev–Trinajstić information content (AvgIpc) is 3.54. The molecule has 5 aromatic rings. The van der Waals surface area contributed by atoms with Gasteiger partial charge in [-0.3, -0.25) is 24.5 Å². The van der Waals surface area contributed by atoms with E-state index in [4.69, 9.17) is 11.6 Å². The van der Waals surface area contributed by atoms with Crippen molar-refractivity contribution < 1.29 is 19.3 Å². The van der Waals surface area contributed by atoms with E-state index in [1.165, 1.54) is 41.3 Å². The van der Waals surface area contributed by atoms with Gasteiger partial charge in [0.1, 0.15) is 5.70 Å². The molecule has 47 heavy (non-hydrogen) atoms. The monoisotopic (exact) mass is 683 g/mol. The fourth-order valence-corrected chi connectivity index (χ4v) is 6.08. The van der Waals surface area contributed by atoms with E-state index in [0.29, 0.717) is 43.1 Å². The molecule has 0 spiro atoms. The smallest absolute Gasteiger partial charge is 0.272 e. The third-order valence-electron chi connectivity index (χ3n) is 6.59. The molecule has 0 aliphatic carbocycles. The van der Waals surface area contributed by atoms with E-state index in [1.807, 2.05) is 6.07 Å². The summed E-state index contributed by atoms with van der Waals surface area (Å²) in [6.07, 6.45) is 1.51. The van der Waals surface area contributed by atoms with Crippen LogP contribution in [0.15, 0.2) is 119 Å². The zero-order chi connectivity index (χ0) is 33.3. The molecule has 3 amide bonds. The summed E-state index contributed by atoms with van der Waals surface area (Å²) in [5, 5.41) is 21.4. The standard InChI is InChI=1S/C34H26ClN5O5S2/c1-21(31(41)39-34-38-30(20-46-34)24-12-7-14-26(17-24)40(44)45)47-27-15-8-13-25(19-27)36-33(43)29(18-23-11-5-6-16-28(23)35)37-32(42)22-9-3-2-4-10-22/h2-21H,1H3,(H,36,43)(H,37,42)(H,38,39,41)/b29-18+. The van der Waals surface area contributed by atoms with Crippen molar-refractivity contribution in [1.29, 1.82) is 0 Å². The molecule has 3 N–H and O–H groups in total. The van der Waals surface area contributed by atoms with Crippen molar-refractivity contribution in [3.8, 4) is 11.3 Å². The summed E-state index contributed by atoms with van der Waals surface area (Å²) < 4.78 is 0. The first-order valence-electron chi connectivity index (χ1n) is 14.1. The molecule has 1 heterocycles. The van der Waals surface area contributed by atoms with E-state index < -0.39 is 22.0 Å². The third-order valence-corrected chi connectivity index (χ3v) is 8.79. The molecule has 0 aliphatic heterocycles. The molecule has 1 atom stereocenters. The Morgan fingerprint density at radius 3 is 2.45 bits per heavy atom. The Morgan fingerprint density at radius 2 is 1.68 bits per heavy atom. The first-order valence-corrected chi connectivity index (χ1v) is 16.2. The van der Waals surface area contributed by atoms with Gasteiger partial charge < -0.3 is 16.0 Å². The molecule has 0 fully saturated rings. The normalized spacial score (nSPS) is 11.7. The van der Waals surface area contributed by atoms with Gasteiger partial charge in [0.05, 0.1) is 15.9 Å². The van der Waals surface area contributed by atoms with Crippen LogP contribution in [-0.2, 0) is 9.59 Å². The minimum Gasteiger partial charge on any atom is -0.321 e. The van der Waals surface area contributed by atoms with E-state index in [0.717, 1.165) is 0 Å². The molecular weight excluding hydrogens is 658 g/mol. The van der Waals surface area contributed by atoms with E-state index >= 15 is 0 Å². The maximum atomic E-state index is 13.4. The summed E-state index contributed by atoms with van der Waals surface area (Å²) >= 11 is 8.82. The third kappa shape index (κ3) is 8.91. The van der Waals surface area contributed by atoms with Gasteiger partial charge in [-0.05, 0) is 55.0 Å². The first-order chi connectivity index (χ1) is 22.7. The van der Waals surface area contributed by atoms with Gasteiger partial charge in [0.25, 0.3) is 17.5 Å². The van der Waals surface area contributed by atoms with Gasteiger partial charge in [0.2, 0.25) is 5.91 Å². The number of non-ortho nitro benzene ring substituents is 1. The summed E-state index contributed by atoms with van der Waals surface area (Å²) in [6, 6.07) is 28.6. The van der Waals surface area contributed by atoms with Crippen LogP contribution in [0.2, 0.25) is 5.02 Å². The number of anilines is 2. The maximum absolute atomic E-state index is 13.4. The summed E-state index contributed by atoms with van der Waals surface area (Å²) in [5.74, 6) is -1.32. The number of nitro benzene ring substituents is 1. The molecule has 0 radical (unpaired) electrons. The largest absolute Gasteiger partial charge is 0.321 e. The Hall–Kier alpha value is -5.30. The highest BCUT2D eigenvalue weighted by Crippen LogP contribution is 2.30. The lowest BCUT2D eigenvalue weighted by Crippen LogP contribution is -2.30. The highest BCUT2D eigenvalue weighted by Gasteiger charge is 2.19. The minimum atomic E-state index is -0.564. The number of benzene rings is 4. The second kappa shape index (κ2) is 15.3. The van der Waals surface area contributed by atoms with Crippen LogP contribution in [0.4, 0.5) is 16.5 Å². The zero-order valence-electron chi connectivity index (χ0n) is 24.7. The van der Waals surface area contributed by atoms with Gasteiger partial charge in [-0.1, -0.05) is 66.2 Å². The Labute approximate surface area is 283 Å². The molecule has 4 aromatic carbocycles. The van der Waals surface area contributed by atoms with E-state index in [2.05, 4.69) is 20.9 Å². The molecular formula is C34H26ClN5O5S2. The maximum Gasteiger partial charge on any atom is 0.272 e. The minimum absolute atomic E-state index is 0.00863. The van der Waals surface area contributed by atoms with E-state index in [1.54, 1.807) is 97.2 Å². The van der Waals surface area contributed by atoms with Gasteiger partial charge in [-0.2, -0.15) is 0 Å². The summed E-state index contributed by atoms with van der Waals surface area (Å²) in [4.78, 5) is 55.1. The average molecular weight is 684 g/mol. The molecule has 13 heteroatoms. The van der Waals surface area contributed by atoms with Crippen molar-refractivity contribution in [2.24, 2.45) is 0 Å². The molecule has 10 nitrogen and oxygen atoms in total. The van der Waals surface area contributed by atoms with Crippen molar-refractivity contribution in [2.75, 3.05) is 10.6 Å². The molecule has 0 saturated heterocycles. The van der Waals surface area contributed by atoms with Gasteiger partial charge in [0.15, 0.2) is 5.13 Å². The predicted molar refractivity (Wildman–Crippen MR) is 187 cm³/mol. The predicted octanol–water partition coefficient (Wildman–Crippen LogP) is 7.90. The fraction of sp³-hybridized carbons (Fsp3) is 0.0588. The van der Waals surface area contributed by atoms with Crippen LogP contribution in [0.3, 0.4) is 0 Å². The lowest BCUT2D eigenvalue weighted by atomic mass is 10.1. The molecule has 236 valence electrons. The number of carbonyl (C=O) groups is 3. The summed E-state index contributed by atoms with van der Waals surface area (Å²) in [7, 11) is 0. The number of amides is 3. The number of rotatable bonds is 11. The van der Waals surface area contributed by atoms with Crippen molar-refractivity contribution in [3.63, 3.8) is 0 Å². The highest BCUT2D eigenvalue weighted by molar-refractivity contribution is 8.00. The lowest BCUT2D eigenvalue weighted by Gasteiger charge is -2.14. The first kappa shape index (κ1) is 33.1. The lowest BCUT2D eigenvalue weighted by molar-refractivity contribution is -0.384. The van der Waals surface area contributed by atoms with Crippen LogP contribution in [0.1, 0.15) is 22.8 Å². The number of nitrogens with one attached hydrogen (secondary N) is 3. The van der Waals surface area contributed by atoms with Crippen molar-refractivity contribution in [1.82, 2.24) is 10.3 Å². The number of carbonyl (C=O) groups excluding carboxylic acids is 3. The second-order valence-electron chi connectivity index (χ2n) is 9.98. The molecule has 1 unspecified atom stereocenters. The molecule has 1 aromatic heterocycles. The Morgan fingerprint density at radius 1 is 0.936 bits per heavy atom. The number of aromatic nitrogens is 1. The highest BCUT2D eigenvalue weighted by atomic mass is 35.5. The van der Waals surface area contributed by atoms with Gasteiger partial charge >= 0.3 is 0 Å². The molecule has 0 saturated carbocycles. The second-order valence-corrected chi connectivity index (χ2v) is 12.7. The summed E-state index contributed by atoms with van der Waals surface area (Å²) in [6.45, 7) is 1.74. The van der Waals surface area contributed by atoms with Crippen LogP contribution in [0.5, 0.6) is 0 Å². The number of nitro groups is 1. The SMILES string of the molecule is CC(Sc1cccc(NC(=O)/C(=C\c2ccccc2Cl)NC(=O)c2ccccc2)c1)C(=O)Nc1nc(-c2cccc([N+](=O)[O-])c2)cs1. The summed E-state index contributed by atoms with van der Waals surface area (Å²) in [5.41, 5.74) is 2.42. The molecule has 5 rings (SSSR count). The van der Waals surface area contributed by atoms with Crippen LogP contribution in [0, 0.1) is 10.1 Å². The quantitative estimate of drug-likeness (QED) is 0.0556. The van der Waals surface area contributed by atoms with Gasteiger partial charge in [0, 0.05) is 44.2 Å². The number of halogens is 1. The topological polar surface area (TPSA) is 143 Å². The number of thiazole rings is 1. The Kier molecular flexibility index (Phi) is 10.8. The van der Waals surface area contributed by atoms with Crippen molar-refractivity contribution >= 4 is 75.0 Å². The van der Waals surface area contributed by atoms with E-state index in [9.17, 15) is 24.5 Å². The van der Waals surface area contributed by atoms with Crippen LogP contribution in [0.25, 0.3) is 17.3 Å². The fourth-order valence-electron chi connectivity index (χ4n) is 4.24. The van der Waals surface area contributed by atoms with Crippen molar-refractivity contribution in [2.45, 2.75) is 17.1 Å². The number of nitrogens with zero attached hydrogens (tertiary/aromatic N) is 2. The van der Waals surface area contributed by atoms with Gasteiger partial charge in [-0.25, -0.2) is 4.98 Å². The van der Waals surface area contributed by atoms with Crippen LogP contribution < -0.4 is 16.0 Å². The number of hydrogen-bond donors (Lipinski definition) is 3. The Balaban J connectivity index is 1.25. The Bertz CT molecular complexity index is 1980. The van der Waals surface area contributed by atoms with E-state index in [-0.39, 0.29) is 17.3 Å². The number of thioether (sulfide) groups is 1. The van der Waals surface area contributed by atoms with Crippen LogP contribution >= 0.6 is 34.7 Å². The zero-order valence-corrected chi connectivity index (χ0v) is 27.1. The van der Waals surface area contributed by atoms with Crippen molar-refractivity contribution in [3.05, 3.63) is 140 Å². The number of hydrogen-bond acceptors (Lipinski definition) is 8.